The van der Waals surface area contributed by atoms with Crippen molar-refractivity contribution in [3.8, 4) is 5.75 Å². The summed E-state index contributed by atoms with van der Waals surface area (Å²) in [5.41, 5.74) is 1.87. The fourth-order valence-corrected chi connectivity index (χ4v) is 5.56. The average Bonchev–Trinajstić information content (AvgIpc) is 2.95. The molecule has 208 valence electrons. The van der Waals surface area contributed by atoms with Gasteiger partial charge in [0.05, 0.1) is 17.7 Å². The van der Waals surface area contributed by atoms with Gasteiger partial charge in [-0.1, -0.05) is 67.9 Å². The topological polar surface area (TPSA) is 96.0 Å². The van der Waals surface area contributed by atoms with Crippen molar-refractivity contribution in [1.82, 2.24) is 10.2 Å². The molecule has 2 amide bonds. The number of hydrogen-bond donors (Lipinski definition) is 1. The molecular weight excluding hydrogens is 514 g/mol. The molecule has 1 N–H and O–H groups in total. The fraction of sp³-hybridized carbons (Fsp3) is 0.333. The van der Waals surface area contributed by atoms with Gasteiger partial charge in [0.1, 0.15) is 18.3 Å². The molecule has 3 aromatic rings. The van der Waals surface area contributed by atoms with Crippen LogP contribution in [0.3, 0.4) is 0 Å². The zero-order valence-corrected chi connectivity index (χ0v) is 23.8. The minimum Gasteiger partial charge on any atom is -0.495 e. The molecule has 0 spiro atoms. The maximum Gasteiger partial charge on any atom is 0.264 e. The summed E-state index contributed by atoms with van der Waals surface area (Å²) in [6.45, 7) is 5.65. The van der Waals surface area contributed by atoms with E-state index in [9.17, 15) is 18.0 Å². The highest BCUT2D eigenvalue weighted by molar-refractivity contribution is 7.92. The van der Waals surface area contributed by atoms with Crippen molar-refractivity contribution in [2.24, 2.45) is 0 Å². The third-order valence-corrected chi connectivity index (χ3v) is 8.18. The first kappa shape index (κ1) is 29.7. The van der Waals surface area contributed by atoms with E-state index in [0.717, 1.165) is 28.3 Å². The predicted octanol–water partition coefficient (Wildman–Crippen LogP) is 4.53. The number of methoxy groups -OCH3 is 1. The highest BCUT2D eigenvalue weighted by Crippen LogP contribution is 2.33. The van der Waals surface area contributed by atoms with Gasteiger partial charge in [-0.15, -0.1) is 0 Å². The lowest BCUT2D eigenvalue weighted by Crippen LogP contribution is -2.51. The van der Waals surface area contributed by atoms with E-state index in [1.165, 1.54) is 24.1 Å². The number of aryl methyl sites for hydroxylation is 1. The van der Waals surface area contributed by atoms with Crippen LogP contribution in [-0.2, 0) is 26.2 Å². The van der Waals surface area contributed by atoms with Gasteiger partial charge < -0.3 is 15.0 Å². The molecule has 0 heterocycles. The summed E-state index contributed by atoms with van der Waals surface area (Å²) in [5, 5.41) is 2.89. The van der Waals surface area contributed by atoms with Crippen molar-refractivity contribution < 1.29 is 22.7 Å². The summed E-state index contributed by atoms with van der Waals surface area (Å²) >= 11 is 0. The summed E-state index contributed by atoms with van der Waals surface area (Å²) in [6, 6.07) is 21.6. The van der Waals surface area contributed by atoms with E-state index in [4.69, 9.17) is 4.74 Å². The fourth-order valence-electron chi connectivity index (χ4n) is 4.13. The molecule has 9 heteroatoms. The van der Waals surface area contributed by atoms with E-state index >= 15 is 0 Å². The van der Waals surface area contributed by atoms with Gasteiger partial charge in [0.2, 0.25) is 11.8 Å². The Bertz CT molecular complexity index is 1350. The number of ether oxygens (including phenoxy) is 1. The first-order chi connectivity index (χ1) is 18.7. The molecule has 3 aromatic carbocycles. The first-order valence-corrected chi connectivity index (χ1v) is 14.5. The summed E-state index contributed by atoms with van der Waals surface area (Å²) in [7, 11) is -2.71. The van der Waals surface area contributed by atoms with Gasteiger partial charge in [-0.2, -0.15) is 0 Å². The van der Waals surface area contributed by atoms with Crippen molar-refractivity contribution in [2.75, 3.05) is 24.5 Å². The number of nitrogens with one attached hydrogen (secondary N) is 1. The molecule has 8 nitrogen and oxygen atoms in total. The van der Waals surface area contributed by atoms with Gasteiger partial charge in [0, 0.05) is 13.1 Å². The van der Waals surface area contributed by atoms with Crippen LogP contribution in [0.15, 0.2) is 83.8 Å². The Labute approximate surface area is 231 Å². The van der Waals surface area contributed by atoms with Gasteiger partial charge in [0.15, 0.2) is 0 Å². The van der Waals surface area contributed by atoms with E-state index in [1.54, 1.807) is 37.3 Å². The Kier molecular flexibility index (Phi) is 10.5. The standard InChI is InChI=1S/C30H37N3O5S/c1-5-6-19-31-30(35)24(3)32(21-25-13-9-7-10-14-25)29(34)22-33(27-20-23(2)17-18-28(27)38-4)39(36,37)26-15-11-8-12-16-26/h7-18,20,24H,5-6,19,21-22H2,1-4H3,(H,31,35)/t24-/m0/s1. The molecule has 3 rings (SSSR count). The number of nitrogens with zero attached hydrogens (tertiary/aromatic N) is 2. The second-order valence-electron chi connectivity index (χ2n) is 9.33. The lowest BCUT2D eigenvalue weighted by molar-refractivity contribution is -0.139. The molecule has 0 radical (unpaired) electrons. The number of rotatable bonds is 13. The second kappa shape index (κ2) is 13.8. The molecule has 39 heavy (non-hydrogen) atoms. The Morgan fingerprint density at radius 2 is 1.62 bits per heavy atom. The molecule has 0 aliphatic carbocycles. The van der Waals surface area contributed by atoms with Gasteiger partial charge in [-0.05, 0) is 55.7 Å². The zero-order valence-electron chi connectivity index (χ0n) is 23.0. The zero-order chi connectivity index (χ0) is 28.4. The Balaban J connectivity index is 2.04. The van der Waals surface area contributed by atoms with Gasteiger partial charge in [0.25, 0.3) is 10.0 Å². The number of anilines is 1. The SMILES string of the molecule is CCCCNC(=O)[C@H](C)N(Cc1ccccc1)C(=O)CN(c1cc(C)ccc1OC)S(=O)(=O)c1ccccc1. The maximum absolute atomic E-state index is 14.0. The Morgan fingerprint density at radius 3 is 2.23 bits per heavy atom. The van der Waals surface area contributed by atoms with Crippen LogP contribution in [0.2, 0.25) is 0 Å². The van der Waals surface area contributed by atoms with Crippen molar-refractivity contribution in [3.05, 3.63) is 90.0 Å². The molecule has 0 saturated carbocycles. The van der Waals surface area contributed by atoms with Crippen LogP contribution in [0, 0.1) is 6.92 Å². The smallest absolute Gasteiger partial charge is 0.264 e. The Morgan fingerprint density at radius 1 is 0.974 bits per heavy atom. The predicted molar refractivity (Wildman–Crippen MR) is 153 cm³/mol. The number of carbonyl (C=O) groups excluding carboxylic acids is 2. The number of unbranched alkanes of at least 4 members (excludes halogenated alkanes) is 1. The highest BCUT2D eigenvalue weighted by Gasteiger charge is 2.33. The number of carbonyl (C=O) groups is 2. The van der Waals surface area contributed by atoms with Crippen LogP contribution in [0.5, 0.6) is 5.75 Å². The van der Waals surface area contributed by atoms with E-state index < -0.39 is 28.5 Å². The normalized spacial score (nSPS) is 11.9. The monoisotopic (exact) mass is 551 g/mol. The molecule has 1 atom stereocenters. The average molecular weight is 552 g/mol. The molecule has 0 bridgehead atoms. The minimum atomic E-state index is -4.16. The first-order valence-electron chi connectivity index (χ1n) is 13.0. The summed E-state index contributed by atoms with van der Waals surface area (Å²) in [6.07, 6.45) is 1.74. The summed E-state index contributed by atoms with van der Waals surface area (Å²) < 4.78 is 34.4. The van der Waals surface area contributed by atoms with E-state index in [-0.39, 0.29) is 23.0 Å². The lowest BCUT2D eigenvalue weighted by Gasteiger charge is -2.32. The van der Waals surface area contributed by atoms with E-state index in [0.29, 0.717) is 12.3 Å². The second-order valence-corrected chi connectivity index (χ2v) is 11.2. The lowest BCUT2D eigenvalue weighted by atomic mass is 10.1. The van der Waals surface area contributed by atoms with Crippen molar-refractivity contribution in [1.29, 1.82) is 0 Å². The van der Waals surface area contributed by atoms with Crippen LogP contribution in [0.25, 0.3) is 0 Å². The third-order valence-electron chi connectivity index (χ3n) is 6.41. The third kappa shape index (κ3) is 7.60. The van der Waals surface area contributed by atoms with Crippen LogP contribution < -0.4 is 14.4 Å². The molecule has 0 unspecified atom stereocenters. The van der Waals surface area contributed by atoms with Gasteiger partial charge in [-0.3, -0.25) is 13.9 Å². The number of amides is 2. The molecule has 0 saturated heterocycles. The number of sulfonamides is 1. The van der Waals surface area contributed by atoms with E-state index in [1.807, 2.05) is 50.2 Å². The highest BCUT2D eigenvalue weighted by atomic mass is 32.2. The van der Waals surface area contributed by atoms with Gasteiger partial charge >= 0.3 is 0 Å². The van der Waals surface area contributed by atoms with Gasteiger partial charge in [-0.25, -0.2) is 8.42 Å². The van der Waals surface area contributed by atoms with Crippen LogP contribution in [-0.4, -0.2) is 51.4 Å². The van der Waals surface area contributed by atoms with Crippen molar-refractivity contribution >= 4 is 27.5 Å². The molecular formula is C30H37N3O5S. The summed E-state index contributed by atoms with van der Waals surface area (Å²) in [4.78, 5) is 28.5. The maximum atomic E-state index is 14.0. The number of hydrogen-bond acceptors (Lipinski definition) is 5. The molecule has 0 aliphatic heterocycles. The Hall–Kier alpha value is -3.85. The minimum absolute atomic E-state index is 0.0429. The van der Waals surface area contributed by atoms with Crippen LogP contribution in [0.1, 0.15) is 37.8 Å². The van der Waals surface area contributed by atoms with Crippen LogP contribution >= 0.6 is 0 Å². The quantitative estimate of drug-likeness (QED) is 0.315. The van der Waals surface area contributed by atoms with Crippen LogP contribution in [0.4, 0.5) is 5.69 Å². The van der Waals surface area contributed by atoms with E-state index in [2.05, 4.69) is 5.32 Å². The molecule has 0 fully saturated rings. The van der Waals surface area contributed by atoms with Crippen molar-refractivity contribution in [2.45, 2.75) is 51.1 Å². The van der Waals surface area contributed by atoms with Crippen molar-refractivity contribution in [3.63, 3.8) is 0 Å². The summed E-state index contributed by atoms with van der Waals surface area (Å²) in [5.74, 6) is -0.494. The molecule has 0 aromatic heterocycles. The largest absolute Gasteiger partial charge is 0.495 e. The molecule has 0 aliphatic rings. The number of benzene rings is 3.